The monoisotopic (exact) mass is 614 g/mol. The summed E-state index contributed by atoms with van der Waals surface area (Å²) < 4.78 is 15.7. The molecule has 1 unspecified atom stereocenters. The van der Waals surface area contributed by atoms with E-state index in [-0.39, 0.29) is 11.2 Å². The molecule has 4 nitrogen and oxygen atoms in total. The van der Waals surface area contributed by atoms with Crippen LogP contribution in [0.2, 0.25) is 0 Å². The average molecular weight is 615 g/mol. The largest absolute Gasteiger partial charge is 0.330 e. The smallest absolute Gasteiger partial charge is 0.124 e. The van der Waals surface area contributed by atoms with Gasteiger partial charge in [-0.05, 0) is 94.2 Å². The number of aliphatic imine (C=N–C) groups is 1. The number of rotatable bonds is 8. The van der Waals surface area contributed by atoms with Crippen molar-refractivity contribution in [2.24, 2.45) is 10.4 Å². The van der Waals surface area contributed by atoms with Crippen LogP contribution < -0.4 is 0 Å². The van der Waals surface area contributed by atoms with Crippen molar-refractivity contribution in [3.05, 3.63) is 65.3 Å². The van der Waals surface area contributed by atoms with Crippen molar-refractivity contribution in [2.75, 3.05) is 32.7 Å². The van der Waals surface area contributed by atoms with Gasteiger partial charge in [0.1, 0.15) is 11.7 Å². The first-order valence-corrected chi connectivity index (χ1v) is 17.7. The summed E-state index contributed by atoms with van der Waals surface area (Å²) in [6, 6.07) is 5.74. The SMILES string of the molecule is C=C(C)C1=C(C)C(=C)N2CCCC(C)(CCCC)C2=N1.CC.CC.CCc1ccc(F)cc1SN1CCN(C(C)C)CC1. The van der Waals surface area contributed by atoms with E-state index in [2.05, 4.69) is 68.8 Å². The van der Waals surface area contributed by atoms with E-state index in [1.165, 1.54) is 49.1 Å². The van der Waals surface area contributed by atoms with Gasteiger partial charge in [-0.25, -0.2) is 13.7 Å². The molecule has 0 amide bonds. The third-order valence-electron chi connectivity index (χ3n) is 8.36. The predicted octanol–water partition coefficient (Wildman–Crippen LogP) is 10.5. The molecule has 0 saturated carbocycles. The molecule has 3 aliphatic heterocycles. The zero-order valence-electron chi connectivity index (χ0n) is 29.6. The molecule has 0 aliphatic carbocycles. The maximum Gasteiger partial charge on any atom is 0.124 e. The first kappa shape index (κ1) is 39.1. The highest BCUT2D eigenvalue weighted by Gasteiger charge is 2.40. The van der Waals surface area contributed by atoms with Crippen LogP contribution in [0, 0.1) is 11.2 Å². The standard InChI is InChI=1S/C18H28N2.C15H23FN2S.2C2H6/c1-7-8-10-18(6)11-9-12-20-15(5)14(4)16(13(2)3)19-17(18)20;1-4-13-5-6-14(16)11-15(13)19-18-9-7-17(8-10-18)12(2)3;2*1-2/h2,5,7-12H2,1,3-4,6H3;5-6,11-12H,4,7-10H2,1-3H3;2*1-2H3. The molecule has 2 saturated heterocycles. The van der Waals surface area contributed by atoms with Crippen molar-refractivity contribution in [1.82, 2.24) is 14.1 Å². The minimum absolute atomic E-state index is 0.138. The Morgan fingerprint density at radius 2 is 1.70 bits per heavy atom. The topological polar surface area (TPSA) is 22.1 Å². The van der Waals surface area contributed by atoms with E-state index in [1.54, 1.807) is 24.1 Å². The Hall–Kier alpha value is -1.89. The first-order chi connectivity index (χ1) is 20.5. The second-order valence-electron chi connectivity index (χ2n) is 11.8. The van der Waals surface area contributed by atoms with Crippen LogP contribution in [0.25, 0.3) is 0 Å². The number of fused-ring (bicyclic) bond motifs is 1. The highest BCUT2D eigenvalue weighted by Crippen LogP contribution is 2.42. The Balaban J connectivity index is 0.000000386. The highest BCUT2D eigenvalue weighted by atomic mass is 32.2. The molecule has 1 aromatic rings. The predicted molar refractivity (Wildman–Crippen MR) is 190 cm³/mol. The van der Waals surface area contributed by atoms with Gasteiger partial charge in [-0.2, -0.15) is 0 Å². The van der Waals surface area contributed by atoms with Gasteiger partial charge in [0.15, 0.2) is 0 Å². The Bertz CT molecular complexity index is 1080. The number of amidine groups is 1. The van der Waals surface area contributed by atoms with Gasteiger partial charge in [0.05, 0.1) is 5.70 Å². The molecule has 6 heteroatoms. The van der Waals surface area contributed by atoms with Crippen LogP contribution in [0.4, 0.5) is 4.39 Å². The molecule has 0 bridgehead atoms. The summed E-state index contributed by atoms with van der Waals surface area (Å²) in [6.45, 7) is 37.1. The van der Waals surface area contributed by atoms with E-state index in [1.807, 2.05) is 40.7 Å². The molecule has 244 valence electrons. The molecule has 0 N–H and O–H groups in total. The van der Waals surface area contributed by atoms with Gasteiger partial charge in [0.2, 0.25) is 0 Å². The molecule has 1 atom stereocenters. The molecule has 0 radical (unpaired) electrons. The number of unbranched alkanes of at least 4 members (excludes halogenated alkanes) is 1. The fourth-order valence-corrected chi connectivity index (χ4v) is 6.85. The van der Waals surface area contributed by atoms with Gasteiger partial charge in [-0.15, -0.1) is 0 Å². The number of benzene rings is 1. The van der Waals surface area contributed by atoms with Gasteiger partial charge in [-0.1, -0.05) is 80.5 Å². The third kappa shape index (κ3) is 10.9. The van der Waals surface area contributed by atoms with Crippen LogP contribution in [0.15, 0.2) is 63.8 Å². The zero-order valence-corrected chi connectivity index (χ0v) is 30.4. The van der Waals surface area contributed by atoms with Gasteiger partial charge < -0.3 is 4.90 Å². The van der Waals surface area contributed by atoms with Crippen LogP contribution in [0.5, 0.6) is 0 Å². The summed E-state index contributed by atoms with van der Waals surface area (Å²) in [7, 11) is 0. The number of piperidine rings is 1. The maximum absolute atomic E-state index is 13.4. The number of nitrogens with zero attached hydrogens (tertiary/aromatic N) is 4. The molecule has 2 fully saturated rings. The quantitative estimate of drug-likeness (QED) is 0.272. The Kier molecular flexibility index (Phi) is 17.7. The Labute approximate surface area is 269 Å². The van der Waals surface area contributed by atoms with Crippen molar-refractivity contribution in [1.29, 1.82) is 0 Å². The summed E-state index contributed by atoms with van der Waals surface area (Å²) >= 11 is 1.71. The van der Waals surface area contributed by atoms with Crippen molar-refractivity contribution in [2.45, 2.75) is 126 Å². The van der Waals surface area contributed by atoms with Gasteiger partial charge in [-0.3, -0.25) is 4.90 Å². The van der Waals surface area contributed by atoms with Crippen LogP contribution in [-0.4, -0.2) is 58.7 Å². The summed E-state index contributed by atoms with van der Waals surface area (Å²) in [4.78, 5) is 10.9. The van der Waals surface area contributed by atoms with Crippen molar-refractivity contribution >= 4 is 17.8 Å². The van der Waals surface area contributed by atoms with E-state index in [0.29, 0.717) is 6.04 Å². The van der Waals surface area contributed by atoms with E-state index in [4.69, 9.17) is 4.99 Å². The number of piperazine rings is 1. The number of hydrogen-bond acceptors (Lipinski definition) is 5. The third-order valence-corrected chi connectivity index (χ3v) is 9.56. The second kappa shape index (κ2) is 19.5. The van der Waals surface area contributed by atoms with Crippen LogP contribution in [0.1, 0.15) is 114 Å². The number of allylic oxidation sites excluding steroid dienone is 2. The summed E-state index contributed by atoms with van der Waals surface area (Å²) in [5, 5.41) is 0. The van der Waals surface area contributed by atoms with E-state index < -0.39 is 0 Å². The Morgan fingerprint density at radius 3 is 2.23 bits per heavy atom. The molecule has 3 aliphatic rings. The zero-order chi connectivity index (χ0) is 32.7. The van der Waals surface area contributed by atoms with E-state index in [9.17, 15) is 4.39 Å². The van der Waals surface area contributed by atoms with Crippen molar-refractivity contribution in [3.8, 4) is 0 Å². The van der Waals surface area contributed by atoms with Crippen LogP contribution in [-0.2, 0) is 6.42 Å². The van der Waals surface area contributed by atoms with Crippen molar-refractivity contribution < 1.29 is 4.39 Å². The van der Waals surface area contributed by atoms with Gasteiger partial charge >= 0.3 is 0 Å². The molecule has 43 heavy (non-hydrogen) atoms. The molecular weight excluding hydrogens is 552 g/mol. The van der Waals surface area contributed by atoms with E-state index in [0.717, 1.165) is 61.0 Å². The lowest BCUT2D eigenvalue weighted by Gasteiger charge is -2.46. The summed E-state index contributed by atoms with van der Waals surface area (Å²) in [5.74, 6) is 1.09. The maximum atomic E-state index is 13.4. The lowest BCUT2D eigenvalue weighted by molar-refractivity contribution is 0.160. The highest BCUT2D eigenvalue weighted by molar-refractivity contribution is 7.97. The molecule has 0 spiro atoms. The van der Waals surface area contributed by atoms with Gasteiger partial charge in [0.25, 0.3) is 0 Å². The normalized spacial score (nSPS) is 20.6. The fourth-order valence-electron chi connectivity index (χ4n) is 5.73. The second-order valence-corrected chi connectivity index (χ2v) is 12.9. The number of hydrogen-bond donors (Lipinski definition) is 0. The lowest BCUT2D eigenvalue weighted by Crippen LogP contribution is -2.48. The molecule has 0 aromatic heterocycles. The number of aryl methyl sites for hydroxylation is 1. The van der Waals surface area contributed by atoms with E-state index >= 15 is 0 Å². The minimum atomic E-state index is -0.138. The van der Waals surface area contributed by atoms with Crippen LogP contribution in [0.3, 0.4) is 0 Å². The molecule has 4 rings (SSSR count). The molecule has 3 heterocycles. The Morgan fingerprint density at radius 1 is 1.07 bits per heavy atom. The van der Waals surface area contributed by atoms with Gasteiger partial charge in [0, 0.05) is 54.8 Å². The number of halogens is 1. The average Bonchev–Trinajstić information content (AvgIpc) is 3.01. The van der Waals surface area contributed by atoms with Crippen molar-refractivity contribution in [3.63, 3.8) is 0 Å². The molecular formula is C37H63FN4S. The minimum Gasteiger partial charge on any atom is -0.330 e. The summed E-state index contributed by atoms with van der Waals surface area (Å²) in [5.41, 5.74) is 5.82. The first-order valence-electron chi connectivity index (χ1n) is 16.9. The van der Waals surface area contributed by atoms with Crippen LogP contribution >= 0.6 is 11.9 Å². The summed E-state index contributed by atoms with van der Waals surface area (Å²) in [6.07, 6.45) is 7.14. The lowest BCUT2D eigenvalue weighted by atomic mass is 9.75. The molecule has 1 aromatic carbocycles. The fraction of sp³-hybridized carbons (Fsp3) is 0.649.